The molecule has 0 radical (unpaired) electrons. The predicted molar refractivity (Wildman–Crippen MR) is 130 cm³/mol. The van der Waals surface area contributed by atoms with E-state index in [-0.39, 0.29) is 11.8 Å². The minimum Gasteiger partial charge on any atom is -0.336 e. The summed E-state index contributed by atoms with van der Waals surface area (Å²) in [5.74, 6) is -0.0950. The van der Waals surface area contributed by atoms with E-state index in [9.17, 15) is 18.0 Å². The SMILES string of the molecule is O=C(C=Cc1ccc(S(=O)(=O)N2CCCCCC2)cc1)N1CCN(C(=O)c2cccs2)CC1. The Morgan fingerprint density at radius 1 is 0.818 bits per heavy atom. The second-order valence-corrected chi connectivity index (χ2v) is 11.2. The lowest BCUT2D eigenvalue weighted by Gasteiger charge is -2.34. The minimum atomic E-state index is -3.48. The molecule has 2 amide bonds. The van der Waals surface area contributed by atoms with Crippen molar-refractivity contribution in [2.75, 3.05) is 39.3 Å². The molecule has 0 N–H and O–H groups in total. The van der Waals surface area contributed by atoms with Crippen LogP contribution in [0.15, 0.2) is 52.7 Å². The zero-order valence-corrected chi connectivity index (χ0v) is 20.2. The normalized spacial score (nSPS) is 18.4. The number of piperazine rings is 1. The quantitative estimate of drug-likeness (QED) is 0.607. The summed E-state index contributed by atoms with van der Waals surface area (Å²) in [5, 5.41) is 1.88. The number of nitrogens with zero attached hydrogens (tertiary/aromatic N) is 3. The Balaban J connectivity index is 1.32. The van der Waals surface area contributed by atoms with E-state index in [0.717, 1.165) is 36.1 Å². The lowest BCUT2D eigenvalue weighted by molar-refractivity contribution is -0.127. The smallest absolute Gasteiger partial charge is 0.264 e. The summed E-state index contributed by atoms with van der Waals surface area (Å²) in [4.78, 5) is 29.5. The van der Waals surface area contributed by atoms with Gasteiger partial charge in [0.15, 0.2) is 0 Å². The molecule has 0 spiro atoms. The van der Waals surface area contributed by atoms with Crippen LogP contribution in [-0.2, 0) is 14.8 Å². The number of hydrogen-bond donors (Lipinski definition) is 0. The highest BCUT2D eigenvalue weighted by molar-refractivity contribution is 7.89. The van der Waals surface area contributed by atoms with Crippen molar-refractivity contribution in [1.29, 1.82) is 0 Å². The number of benzene rings is 1. The topological polar surface area (TPSA) is 78.0 Å². The first-order valence-electron chi connectivity index (χ1n) is 11.4. The first-order valence-corrected chi connectivity index (χ1v) is 13.7. The number of carbonyl (C=O) groups excluding carboxylic acids is 2. The molecule has 2 fully saturated rings. The molecule has 2 aliphatic heterocycles. The summed E-state index contributed by atoms with van der Waals surface area (Å²) < 4.78 is 27.4. The van der Waals surface area contributed by atoms with Crippen LogP contribution in [0.4, 0.5) is 0 Å². The van der Waals surface area contributed by atoms with E-state index in [2.05, 4.69) is 0 Å². The Hall–Kier alpha value is -2.49. The molecule has 4 rings (SSSR count). The third-order valence-electron chi connectivity index (χ3n) is 6.11. The summed E-state index contributed by atoms with van der Waals surface area (Å²) in [7, 11) is -3.48. The molecule has 2 aromatic rings. The van der Waals surface area contributed by atoms with Crippen molar-refractivity contribution in [3.05, 3.63) is 58.3 Å². The van der Waals surface area contributed by atoms with Gasteiger partial charge in [-0.15, -0.1) is 11.3 Å². The van der Waals surface area contributed by atoms with Gasteiger partial charge < -0.3 is 9.80 Å². The second kappa shape index (κ2) is 10.6. The summed E-state index contributed by atoms with van der Waals surface area (Å²) in [6.07, 6.45) is 7.16. The molecule has 176 valence electrons. The van der Waals surface area contributed by atoms with Gasteiger partial charge in [-0.1, -0.05) is 31.0 Å². The van der Waals surface area contributed by atoms with Gasteiger partial charge in [0.2, 0.25) is 15.9 Å². The molecule has 2 aliphatic rings. The fourth-order valence-corrected chi connectivity index (χ4v) is 6.35. The van der Waals surface area contributed by atoms with E-state index >= 15 is 0 Å². The summed E-state index contributed by atoms with van der Waals surface area (Å²) in [6.45, 7) is 3.16. The lowest BCUT2D eigenvalue weighted by atomic mass is 10.2. The fourth-order valence-electron chi connectivity index (χ4n) is 4.14. The molecule has 0 atom stereocenters. The minimum absolute atomic E-state index is 0.0165. The molecule has 0 saturated carbocycles. The lowest BCUT2D eigenvalue weighted by Crippen LogP contribution is -2.50. The summed E-state index contributed by atoms with van der Waals surface area (Å²) in [5.41, 5.74) is 0.768. The van der Waals surface area contributed by atoms with Crippen molar-refractivity contribution in [1.82, 2.24) is 14.1 Å². The predicted octanol–water partition coefficient (Wildman–Crippen LogP) is 3.31. The fraction of sp³-hybridized carbons (Fsp3) is 0.417. The number of thiophene rings is 1. The van der Waals surface area contributed by atoms with Crippen LogP contribution in [0.25, 0.3) is 6.08 Å². The van der Waals surface area contributed by atoms with Gasteiger partial charge in [-0.2, -0.15) is 4.31 Å². The van der Waals surface area contributed by atoms with E-state index in [1.807, 2.05) is 17.5 Å². The Morgan fingerprint density at radius 2 is 1.45 bits per heavy atom. The third kappa shape index (κ3) is 5.72. The Morgan fingerprint density at radius 3 is 2.06 bits per heavy atom. The highest BCUT2D eigenvalue weighted by Crippen LogP contribution is 2.21. The number of carbonyl (C=O) groups is 2. The van der Waals surface area contributed by atoms with Crippen LogP contribution in [-0.4, -0.2) is 73.6 Å². The summed E-state index contributed by atoms with van der Waals surface area (Å²) >= 11 is 1.43. The first kappa shape index (κ1) is 23.7. The third-order valence-corrected chi connectivity index (χ3v) is 8.88. The molecule has 33 heavy (non-hydrogen) atoms. The van der Waals surface area contributed by atoms with Gasteiger partial charge in [0.1, 0.15) is 0 Å². The molecule has 0 aliphatic carbocycles. The number of hydrogen-bond acceptors (Lipinski definition) is 5. The van der Waals surface area contributed by atoms with Gasteiger partial charge in [-0.05, 0) is 48.1 Å². The van der Waals surface area contributed by atoms with Crippen molar-refractivity contribution in [3.8, 4) is 0 Å². The highest BCUT2D eigenvalue weighted by atomic mass is 32.2. The maximum Gasteiger partial charge on any atom is 0.264 e. The van der Waals surface area contributed by atoms with Gasteiger partial charge in [0, 0.05) is 45.3 Å². The van der Waals surface area contributed by atoms with Crippen LogP contribution in [0.5, 0.6) is 0 Å². The molecule has 9 heteroatoms. The van der Waals surface area contributed by atoms with Crippen molar-refractivity contribution in [2.24, 2.45) is 0 Å². The van der Waals surface area contributed by atoms with Crippen LogP contribution in [0.2, 0.25) is 0 Å². The molecule has 1 aromatic carbocycles. The van der Waals surface area contributed by atoms with E-state index < -0.39 is 10.0 Å². The molecule has 1 aromatic heterocycles. The standard InChI is InChI=1S/C24H29N3O4S2/c28-23(25-15-17-26(18-16-25)24(29)22-6-5-19-32-22)12-9-20-7-10-21(11-8-20)33(30,31)27-13-3-1-2-4-14-27/h5-12,19H,1-4,13-18H2. The van der Waals surface area contributed by atoms with Gasteiger partial charge in [0.05, 0.1) is 9.77 Å². The van der Waals surface area contributed by atoms with Gasteiger partial charge in [-0.3, -0.25) is 9.59 Å². The van der Waals surface area contributed by atoms with Crippen LogP contribution in [0, 0.1) is 0 Å². The van der Waals surface area contributed by atoms with Gasteiger partial charge in [-0.25, -0.2) is 8.42 Å². The van der Waals surface area contributed by atoms with E-state index in [1.54, 1.807) is 44.4 Å². The van der Waals surface area contributed by atoms with Gasteiger partial charge in [0.25, 0.3) is 5.91 Å². The van der Waals surface area contributed by atoms with Crippen molar-refractivity contribution in [3.63, 3.8) is 0 Å². The molecule has 0 unspecified atom stereocenters. The molecule has 0 bridgehead atoms. The summed E-state index contributed by atoms with van der Waals surface area (Å²) in [6, 6.07) is 10.4. The van der Waals surface area contributed by atoms with E-state index in [4.69, 9.17) is 0 Å². The molecular weight excluding hydrogens is 458 g/mol. The Kier molecular flexibility index (Phi) is 7.62. The van der Waals surface area contributed by atoms with Gasteiger partial charge >= 0.3 is 0 Å². The second-order valence-electron chi connectivity index (χ2n) is 8.32. The van der Waals surface area contributed by atoms with Crippen LogP contribution >= 0.6 is 11.3 Å². The average molecular weight is 488 g/mol. The number of sulfonamides is 1. The van der Waals surface area contributed by atoms with E-state index in [0.29, 0.717) is 44.2 Å². The molecule has 7 nitrogen and oxygen atoms in total. The highest BCUT2D eigenvalue weighted by Gasteiger charge is 2.26. The first-order chi connectivity index (χ1) is 15.9. The zero-order chi connectivity index (χ0) is 23.3. The molecule has 3 heterocycles. The van der Waals surface area contributed by atoms with Crippen LogP contribution in [0.3, 0.4) is 0 Å². The Labute approximate surface area is 199 Å². The van der Waals surface area contributed by atoms with Crippen LogP contribution in [0.1, 0.15) is 40.9 Å². The van der Waals surface area contributed by atoms with Crippen molar-refractivity contribution >= 4 is 39.3 Å². The maximum atomic E-state index is 12.9. The van der Waals surface area contributed by atoms with Crippen molar-refractivity contribution in [2.45, 2.75) is 30.6 Å². The largest absolute Gasteiger partial charge is 0.336 e. The number of amides is 2. The monoisotopic (exact) mass is 487 g/mol. The Bertz CT molecular complexity index is 1080. The average Bonchev–Trinajstić information content (AvgIpc) is 3.24. The number of rotatable bonds is 5. The molecular formula is C24H29N3O4S2. The van der Waals surface area contributed by atoms with E-state index in [1.165, 1.54) is 17.4 Å². The van der Waals surface area contributed by atoms with Crippen LogP contribution < -0.4 is 0 Å². The zero-order valence-electron chi connectivity index (χ0n) is 18.6. The molecule has 2 saturated heterocycles. The van der Waals surface area contributed by atoms with Crippen molar-refractivity contribution < 1.29 is 18.0 Å². The maximum absolute atomic E-state index is 12.9.